The van der Waals surface area contributed by atoms with Gasteiger partial charge in [0.25, 0.3) is 0 Å². The lowest BCUT2D eigenvalue weighted by molar-refractivity contribution is 0.773. The molecule has 178 valence electrons. The van der Waals surface area contributed by atoms with Crippen molar-refractivity contribution in [2.45, 2.75) is 5.41 Å². The van der Waals surface area contributed by atoms with Crippen molar-refractivity contribution in [2.75, 3.05) is 0 Å². The Kier molecular flexibility index (Phi) is 4.59. The summed E-state index contributed by atoms with van der Waals surface area (Å²) < 4.78 is 0. The molecular formula is C37H23Cl. The Hall–Kier alpha value is -4.39. The molecule has 0 amide bonds. The van der Waals surface area contributed by atoms with Crippen molar-refractivity contribution in [2.24, 2.45) is 0 Å². The highest BCUT2D eigenvalue weighted by Crippen LogP contribution is 2.61. The van der Waals surface area contributed by atoms with Crippen molar-refractivity contribution in [3.63, 3.8) is 0 Å². The largest absolute Gasteiger partial charge is 0.0836 e. The zero-order valence-electron chi connectivity index (χ0n) is 20.7. The molecule has 0 bridgehead atoms. The molecule has 0 atom stereocenters. The van der Waals surface area contributed by atoms with E-state index in [0.717, 1.165) is 16.1 Å². The topological polar surface area (TPSA) is 0 Å². The summed E-state index contributed by atoms with van der Waals surface area (Å²) >= 11 is 7.12. The quantitative estimate of drug-likeness (QED) is 0.193. The molecule has 0 unspecified atom stereocenters. The Balaban J connectivity index is 1.69. The summed E-state index contributed by atoms with van der Waals surface area (Å²) in [5, 5.41) is 0.769. The summed E-state index contributed by atoms with van der Waals surface area (Å²) in [5.74, 6) is 0. The highest BCUT2D eigenvalue weighted by Gasteiger charge is 2.48. The fraction of sp³-hybridized carbons (Fsp3) is 0.0270. The van der Waals surface area contributed by atoms with Crippen LogP contribution in [0.25, 0.3) is 44.5 Å². The fourth-order valence-corrected chi connectivity index (χ4v) is 7.29. The molecule has 0 heterocycles. The van der Waals surface area contributed by atoms with Gasteiger partial charge in [-0.15, -0.1) is 0 Å². The number of fused-ring (bicyclic) bond motifs is 14. The molecule has 0 saturated heterocycles. The highest BCUT2D eigenvalue weighted by atomic mass is 35.5. The third-order valence-electron chi connectivity index (χ3n) is 8.40. The van der Waals surface area contributed by atoms with Crippen LogP contribution in [-0.2, 0) is 5.41 Å². The standard InChI is InChI=1S/C37H23Cl/c38-35-23-11-18-29-25-13-2-1-12-24(25)26-14-3-7-19-31(26)37(34-22-10-6-17-30(34)36(29)35)32-20-8-4-15-27(32)28-16-5-9-21-33(28)37/h1-23H. The maximum atomic E-state index is 7.12. The third kappa shape index (κ3) is 2.71. The number of hydrogen-bond donors (Lipinski definition) is 0. The van der Waals surface area contributed by atoms with E-state index in [1.54, 1.807) is 0 Å². The summed E-state index contributed by atoms with van der Waals surface area (Å²) in [6.45, 7) is 0. The van der Waals surface area contributed by atoms with E-state index in [1.165, 1.54) is 55.6 Å². The Morgan fingerprint density at radius 1 is 0.316 bits per heavy atom. The summed E-state index contributed by atoms with van der Waals surface area (Å²) in [4.78, 5) is 0. The molecule has 0 nitrogen and oxygen atoms in total. The van der Waals surface area contributed by atoms with Gasteiger partial charge in [0, 0.05) is 10.6 Å². The first kappa shape index (κ1) is 21.7. The summed E-state index contributed by atoms with van der Waals surface area (Å²) in [6, 6.07) is 50.8. The zero-order valence-corrected chi connectivity index (χ0v) is 21.4. The first-order valence-electron chi connectivity index (χ1n) is 13.1. The van der Waals surface area contributed by atoms with Gasteiger partial charge in [-0.25, -0.2) is 0 Å². The lowest BCUT2D eigenvalue weighted by Gasteiger charge is -2.36. The lowest BCUT2D eigenvalue weighted by Crippen LogP contribution is -2.30. The molecule has 0 radical (unpaired) electrons. The smallest absolute Gasteiger partial charge is 0.0725 e. The van der Waals surface area contributed by atoms with E-state index in [2.05, 4.69) is 133 Å². The van der Waals surface area contributed by atoms with Crippen LogP contribution in [0.2, 0.25) is 5.02 Å². The second kappa shape index (κ2) is 8.05. The van der Waals surface area contributed by atoms with Crippen LogP contribution < -0.4 is 0 Å². The van der Waals surface area contributed by atoms with Gasteiger partial charge in [0.15, 0.2) is 0 Å². The summed E-state index contributed by atoms with van der Waals surface area (Å²) in [7, 11) is 0. The van der Waals surface area contributed by atoms with Gasteiger partial charge < -0.3 is 0 Å². The SMILES string of the molecule is Clc1cccc2c1-c1ccccc1C1(c3ccccc3-c3ccccc3-2)c2ccccc2-c2ccccc21. The molecule has 1 heteroatoms. The normalized spacial score (nSPS) is 13.6. The zero-order chi connectivity index (χ0) is 25.3. The van der Waals surface area contributed by atoms with E-state index < -0.39 is 5.41 Å². The van der Waals surface area contributed by atoms with Gasteiger partial charge in [-0.1, -0.05) is 145 Å². The highest BCUT2D eigenvalue weighted by molar-refractivity contribution is 6.34. The van der Waals surface area contributed by atoms with E-state index in [-0.39, 0.29) is 0 Å². The number of rotatable bonds is 0. The second-order valence-electron chi connectivity index (χ2n) is 10.1. The lowest BCUT2D eigenvalue weighted by atomic mass is 9.64. The van der Waals surface area contributed by atoms with E-state index in [0.29, 0.717) is 0 Å². The molecule has 2 aliphatic rings. The average Bonchev–Trinajstić information content (AvgIpc) is 3.29. The van der Waals surface area contributed by atoms with E-state index in [4.69, 9.17) is 11.6 Å². The third-order valence-corrected chi connectivity index (χ3v) is 8.72. The maximum absolute atomic E-state index is 7.12. The molecular weight excluding hydrogens is 480 g/mol. The first-order chi connectivity index (χ1) is 18.8. The van der Waals surface area contributed by atoms with Gasteiger partial charge >= 0.3 is 0 Å². The maximum Gasteiger partial charge on any atom is 0.0725 e. The number of hydrogen-bond acceptors (Lipinski definition) is 0. The monoisotopic (exact) mass is 502 g/mol. The minimum atomic E-state index is -0.506. The molecule has 0 aliphatic heterocycles. The molecule has 8 rings (SSSR count). The van der Waals surface area contributed by atoms with Crippen molar-refractivity contribution >= 4 is 11.6 Å². The van der Waals surface area contributed by atoms with E-state index >= 15 is 0 Å². The molecule has 6 aromatic rings. The van der Waals surface area contributed by atoms with Crippen LogP contribution in [0.1, 0.15) is 22.3 Å². The molecule has 0 aromatic heterocycles. The van der Waals surface area contributed by atoms with Gasteiger partial charge in [0.2, 0.25) is 0 Å². The van der Waals surface area contributed by atoms with Crippen LogP contribution in [-0.4, -0.2) is 0 Å². The Bertz CT molecular complexity index is 1850. The van der Waals surface area contributed by atoms with Crippen molar-refractivity contribution < 1.29 is 0 Å². The summed E-state index contributed by atoms with van der Waals surface area (Å²) in [5.41, 5.74) is 14.3. The molecule has 2 aliphatic carbocycles. The molecule has 0 fully saturated rings. The van der Waals surface area contributed by atoms with Gasteiger partial charge in [0.1, 0.15) is 0 Å². The van der Waals surface area contributed by atoms with Crippen LogP contribution >= 0.6 is 11.6 Å². The van der Waals surface area contributed by atoms with E-state index in [1.807, 2.05) is 6.07 Å². The van der Waals surface area contributed by atoms with Gasteiger partial charge in [-0.3, -0.25) is 0 Å². The molecule has 38 heavy (non-hydrogen) atoms. The average molecular weight is 503 g/mol. The van der Waals surface area contributed by atoms with Crippen molar-refractivity contribution in [3.8, 4) is 44.5 Å². The van der Waals surface area contributed by atoms with Crippen LogP contribution in [0.4, 0.5) is 0 Å². The van der Waals surface area contributed by atoms with Crippen molar-refractivity contribution in [1.29, 1.82) is 0 Å². The molecule has 6 aromatic carbocycles. The summed E-state index contributed by atoms with van der Waals surface area (Å²) in [6.07, 6.45) is 0. The molecule has 1 spiro atoms. The Morgan fingerprint density at radius 3 is 1.18 bits per heavy atom. The Labute approximate surface area is 227 Å². The minimum absolute atomic E-state index is 0.506. The minimum Gasteiger partial charge on any atom is -0.0836 e. The predicted octanol–water partition coefficient (Wildman–Crippen LogP) is 10.0. The van der Waals surface area contributed by atoms with Crippen molar-refractivity contribution in [1.82, 2.24) is 0 Å². The van der Waals surface area contributed by atoms with E-state index in [9.17, 15) is 0 Å². The predicted molar refractivity (Wildman–Crippen MR) is 159 cm³/mol. The number of halogens is 1. The molecule has 0 N–H and O–H groups in total. The van der Waals surface area contributed by atoms with Crippen LogP contribution in [0, 0.1) is 0 Å². The Morgan fingerprint density at radius 2 is 0.658 bits per heavy atom. The second-order valence-corrected chi connectivity index (χ2v) is 10.5. The van der Waals surface area contributed by atoms with Gasteiger partial charge in [0.05, 0.1) is 5.41 Å². The first-order valence-corrected chi connectivity index (χ1v) is 13.4. The fourth-order valence-electron chi connectivity index (χ4n) is 7.01. The van der Waals surface area contributed by atoms with Crippen LogP contribution in [0.3, 0.4) is 0 Å². The molecule has 0 saturated carbocycles. The van der Waals surface area contributed by atoms with Crippen molar-refractivity contribution in [3.05, 3.63) is 167 Å². The number of benzene rings is 6. The van der Waals surface area contributed by atoms with Gasteiger partial charge in [-0.2, -0.15) is 0 Å². The van der Waals surface area contributed by atoms with Crippen LogP contribution in [0.15, 0.2) is 140 Å². The van der Waals surface area contributed by atoms with Crippen LogP contribution in [0.5, 0.6) is 0 Å². The van der Waals surface area contributed by atoms with Gasteiger partial charge in [-0.05, 0) is 67.3 Å².